The van der Waals surface area contributed by atoms with Crippen molar-refractivity contribution < 1.29 is 14.4 Å². The first-order chi connectivity index (χ1) is 13.3. The van der Waals surface area contributed by atoms with E-state index in [1.807, 2.05) is 13.8 Å². The van der Waals surface area contributed by atoms with Crippen LogP contribution < -0.4 is 0 Å². The van der Waals surface area contributed by atoms with Crippen LogP contribution in [0.25, 0.3) is 0 Å². The summed E-state index contributed by atoms with van der Waals surface area (Å²) < 4.78 is 0. The van der Waals surface area contributed by atoms with Crippen LogP contribution in [0.4, 0.5) is 0 Å². The van der Waals surface area contributed by atoms with E-state index in [-0.39, 0.29) is 41.5 Å². The lowest BCUT2D eigenvalue weighted by Gasteiger charge is -2.40. The van der Waals surface area contributed by atoms with Crippen LogP contribution in [-0.4, -0.2) is 17.3 Å². The molecular weight excluding hydrogens is 348 g/mol. The lowest BCUT2D eigenvalue weighted by atomic mass is 9.62. The molecule has 3 atom stereocenters. The standard InChI is InChI=1S/C25H32O3/c1-6-8-18-12-20-13-19-10-9-17(7-2)15(4)23(19)25(28)24(20)16(5)22(18)21(27)11-14(3)26/h9-10,18,20,22H,6-8,11-13H2,1-5H3. The fourth-order valence-corrected chi connectivity index (χ4v) is 5.61. The zero-order valence-electron chi connectivity index (χ0n) is 17.9. The van der Waals surface area contributed by atoms with Gasteiger partial charge in [-0.3, -0.25) is 14.4 Å². The van der Waals surface area contributed by atoms with Crippen molar-refractivity contribution in [3.8, 4) is 0 Å². The Labute approximate surface area is 168 Å². The van der Waals surface area contributed by atoms with Crippen molar-refractivity contribution in [1.82, 2.24) is 0 Å². The SMILES string of the molecule is CCCC1CC2Cc3ccc(CC)c(C)c3C(=O)C2=C(C)C1C(=O)CC(C)=O. The zero-order valence-corrected chi connectivity index (χ0v) is 17.9. The number of carbonyl (C=O) groups excluding carboxylic acids is 3. The van der Waals surface area contributed by atoms with Gasteiger partial charge >= 0.3 is 0 Å². The summed E-state index contributed by atoms with van der Waals surface area (Å²) in [5, 5.41) is 0. The monoisotopic (exact) mass is 380 g/mol. The maximum Gasteiger partial charge on any atom is 0.189 e. The van der Waals surface area contributed by atoms with Gasteiger partial charge < -0.3 is 0 Å². The van der Waals surface area contributed by atoms with E-state index in [4.69, 9.17) is 0 Å². The molecule has 0 N–H and O–H groups in total. The first kappa shape index (κ1) is 20.7. The van der Waals surface area contributed by atoms with Gasteiger partial charge in [0, 0.05) is 17.1 Å². The molecule has 0 heterocycles. The third-order valence-corrected chi connectivity index (χ3v) is 6.77. The summed E-state index contributed by atoms with van der Waals surface area (Å²) >= 11 is 0. The zero-order chi connectivity index (χ0) is 20.6. The van der Waals surface area contributed by atoms with E-state index < -0.39 is 0 Å². The highest BCUT2D eigenvalue weighted by Gasteiger charge is 2.43. The summed E-state index contributed by atoms with van der Waals surface area (Å²) in [4.78, 5) is 38.1. The molecule has 0 radical (unpaired) electrons. The molecule has 1 aromatic carbocycles. The number of aryl methyl sites for hydroxylation is 1. The van der Waals surface area contributed by atoms with E-state index in [0.29, 0.717) is 0 Å². The Kier molecular flexibility index (Phi) is 6.02. The number of hydrogen-bond acceptors (Lipinski definition) is 3. The summed E-state index contributed by atoms with van der Waals surface area (Å²) in [5.41, 5.74) is 6.11. The van der Waals surface area contributed by atoms with Crippen molar-refractivity contribution in [1.29, 1.82) is 0 Å². The number of benzene rings is 1. The lowest BCUT2D eigenvalue weighted by Crippen LogP contribution is -2.38. The van der Waals surface area contributed by atoms with E-state index >= 15 is 0 Å². The van der Waals surface area contributed by atoms with Gasteiger partial charge in [0.25, 0.3) is 0 Å². The highest BCUT2D eigenvalue weighted by atomic mass is 16.1. The van der Waals surface area contributed by atoms with E-state index in [0.717, 1.165) is 59.9 Å². The van der Waals surface area contributed by atoms with E-state index in [1.54, 1.807) is 0 Å². The Morgan fingerprint density at radius 1 is 1.14 bits per heavy atom. The predicted molar refractivity (Wildman–Crippen MR) is 112 cm³/mol. The molecule has 0 fully saturated rings. The minimum absolute atomic E-state index is 0.00738. The van der Waals surface area contributed by atoms with Crippen LogP contribution >= 0.6 is 0 Å². The summed E-state index contributed by atoms with van der Waals surface area (Å²) in [5.74, 6) is 0.166. The highest BCUT2D eigenvalue weighted by Crippen LogP contribution is 2.47. The van der Waals surface area contributed by atoms with Crippen LogP contribution in [0.15, 0.2) is 23.3 Å². The van der Waals surface area contributed by atoms with Gasteiger partial charge in [-0.05, 0) is 75.0 Å². The minimum Gasteiger partial charge on any atom is -0.300 e. The van der Waals surface area contributed by atoms with Crippen molar-refractivity contribution in [3.63, 3.8) is 0 Å². The summed E-state index contributed by atoms with van der Waals surface area (Å²) in [6.45, 7) is 9.74. The molecule has 0 aromatic heterocycles. The first-order valence-electron chi connectivity index (χ1n) is 10.7. The smallest absolute Gasteiger partial charge is 0.189 e. The highest BCUT2D eigenvalue weighted by molar-refractivity contribution is 6.13. The van der Waals surface area contributed by atoms with Crippen LogP contribution in [0, 0.1) is 24.7 Å². The molecule has 150 valence electrons. The van der Waals surface area contributed by atoms with E-state index in [1.165, 1.54) is 12.5 Å². The molecular formula is C25H32O3. The Hall–Kier alpha value is -2.03. The Balaban J connectivity index is 2.10. The molecule has 0 amide bonds. The second-order valence-corrected chi connectivity index (χ2v) is 8.67. The molecule has 2 aliphatic rings. The molecule has 3 unspecified atom stereocenters. The average Bonchev–Trinajstić information content (AvgIpc) is 2.61. The molecule has 28 heavy (non-hydrogen) atoms. The molecule has 3 nitrogen and oxygen atoms in total. The van der Waals surface area contributed by atoms with Crippen LogP contribution in [0.1, 0.15) is 80.4 Å². The maximum atomic E-state index is 13.6. The predicted octanol–water partition coefficient (Wildman–Crippen LogP) is 5.21. The normalized spacial score (nSPS) is 24.0. The topological polar surface area (TPSA) is 51.2 Å². The van der Waals surface area contributed by atoms with E-state index in [2.05, 4.69) is 26.0 Å². The number of rotatable bonds is 6. The van der Waals surface area contributed by atoms with Crippen LogP contribution in [0.2, 0.25) is 0 Å². The summed E-state index contributed by atoms with van der Waals surface area (Å²) in [6.07, 6.45) is 4.61. The van der Waals surface area contributed by atoms with Crippen molar-refractivity contribution >= 4 is 17.3 Å². The second-order valence-electron chi connectivity index (χ2n) is 8.67. The lowest BCUT2D eigenvalue weighted by molar-refractivity contribution is -0.129. The molecule has 3 heteroatoms. The number of hydrogen-bond donors (Lipinski definition) is 0. The van der Waals surface area contributed by atoms with Gasteiger partial charge in [-0.1, -0.05) is 38.0 Å². The molecule has 0 aliphatic heterocycles. The minimum atomic E-state index is -0.282. The molecule has 2 aliphatic carbocycles. The Morgan fingerprint density at radius 3 is 2.46 bits per heavy atom. The van der Waals surface area contributed by atoms with Crippen molar-refractivity contribution in [2.45, 2.75) is 73.1 Å². The Morgan fingerprint density at radius 2 is 1.86 bits per heavy atom. The van der Waals surface area contributed by atoms with Gasteiger partial charge in [-0.25, -0.2) is 0 Å². The van der Waals surface area contributed by atoms with Gasteiger partial charge in [-0.2, -0.15) is 0 Å². The fraction of sp³-hybridized carbons (Fsp3) is 0.560. The summed E-state index contributed by atoms with van der Waals surface area (Å²) in [7, 11) is 0. The van der Waals surface area contributed by atoms with Gasteiger partial charge in [0.05, 0.1) is 6.42 Å². The van der Waals surface area contributed by atoms with Crippen LogP contribution in [-0.2, 0) is 22.4 Å². The van der Waals surface area contributed by atoms with Gasteiger partial charge in [-0.15, -0.1) is 0 Å². The largest absolute Gasteiger partial charge is 0.300 e. The quantitative estimate of drug-likeness (QED) is 0.636. The maximum absolute atomic E-state index is 13.6. The van der Waals surface area contributed by atoms with Gasteiger partial charge in [0.1, 0.15) is 11.6 Å². The number of allylic oxidation sites excluding steroid dienone is 2. The van der Waals surface area contributed by atoms with E-state index in [9.17, 15) is 14.4 Å². The number of carbonyl (C=O) groups is 3. The van der Waals surface area contributed by atoms with Crippen molar-refractivity contribution in [2.75, 3.05) is 0 Å². The van der Waals surface area contributed by atoms with Crippen molar-refractivity contribution in [2.24, 2.45) is 17.8 Å². The van der Waals surface area contributed by atoms with Gasteiger partial charge in [0.15, 0.2) is 5.78 Å². The molecule has 0 spiro atoms. The first-order valence-corrected chi connectivity index (χ1v) is 10.7. The molecule has 3 rings (SSSR count). The third-order valence-electron chi connectivity index (χ3n) is 6.77. The molecule has 0 saturated heterocycles. The van der Waals surface area contributed by atoms with Crippen molar-refractivity contribution in [3.05, 3.63) is 45.5 Å². The van der Waals surface area contributed by atoms with Crippen LogP contribution in [0.3, 0.4) is 0 Å². The average molecular weight is 381 g/mol. The second kappa shape index (κ2) is 8.14. The molecule has 0 bridgehead atoms. The third kappa shape index (κ3) is 3.52. The Bertz CT molecular complexity index is 859. The number of ketones is 3. The molecule has 1 aromatic rings. The number of Topliss-reactive ketones (excluding diaryl/α,β-unsaturated/α-hetero) is 3. The van der Waals surface area contributed by atoms with Gasteiger partial charge in [0.2, 0.25) is 0 Å². The fourth-order valence-electron chi connectivity index (χ4n) is 5.61. The molecule has 0 saturated carbocycles. The number of fused-ring (bicyclic) bond motifs is 2. The summed E-state index contributed by atoms with van der Waals surface area (Å²) in [6, 6.07) is 4.29. The van der Waals surface area contributed by atoms with Crippen LogP contribution in [0.5, 0.6) is 0 Å².